The minimum atomic E-state index is 0.326. The highest BCUT2D eigenvalue weighted by molar-refractivity contribution is 6.03. The summed E-state index contributed by atoms with van der Waals surface area (Å²) in [6, 6.07) is 17.7. The van der Waals surface area contributed by atoms with Crippen LogP contribution in [0.1, 0.15) is 18.9 Å². The summed E-state index contributed by atoms with van der Waals surface area (Å²) in [6.07, 6.45) is 11.0. The van der Waals surface area contributed by atoms with Crippen LogP contribution in [0.5, 0.6) is 5.75 Å². The fourth-order valence-corrected chi connectivity index (χ4v) is 2.87. The summed E-state index contributed by atoms with van der Waals surface area (Å²) >= 11 is 0. The topological polar surface area (TPSA) is 72.0 Å². The maximum atomic E-state index is 6.07. The van der Waals surface area contributed by atoms with Crippen LogP contribution in [0, 0.1) is 5.92 Å². The van der Waals surface area contributed by atoms with Gasteiger partial charge in [-0.05, 0) is 54.3 Å². The van der Waals surface area contributed by atoms with Crippen molar-refractivity contribution in [1.29, 1.82) is 0 Å². The van der Waals surface area contributed by atoms with Crippen LogP contribution in [0.3, 0.4) is 0 Å². The molecule has 5 nitrogen and oxygen atoms in total. The van der Waals surface area contributed by atoms with Crippen LogP contribution in [0.15, 0.2) is 94.6 Å². The molecule has 29 heavy (non-hydrogen) atoms. The molecule has 2 aromatic carbocycles. The Morgan fingerprint density at radius 2 is 1.90 bits per heavy atom. The van der Waals surface area contributed by atoms with E-state index < -0.39 is 0 Å². The lowest BCUT2D eigenvalue weighted by Crippen LogP contribution is -2.32. The van der Waals surface area contributed by atoms with Crippen LogP contribution in [0.2, 0.25) is 0 Å². The van der Waals surface area contributed by atoms with Crippen LogP contribution >= 0.6 is 0 Å². The molecule has 1 atom stereocenters. The summed E-state index contributed by atoms with van der Waals surface area (Å²) in [5.74, 6) is 2.00. The molecule has 0 amide bonds. The average Bonchev–Trinajstić information content (AvgIpc) is 2.72. The van der Waals surface area contributed by atoms with Gasteiger partial charge in [0.1, 0.15) is 5.75 Å². The van der Waals surface area contributed by atoms with Gasteiger partial charge in [0.15, 0.2) is 11.8 Å². The highest BCUT2D eigenvalue weighted by Gasteiger charge is 2.07. The van der Waals surface area contributed by atoms with E-state index in [-0.39, 0.29) is 0 Å². The number of benzene rings is 2. The van der Waals surface area contributed by atoms with Gasteiger partial charge in [-0.2, -0.15) is 4.99 Å². The Bertz CT molecular complexity index is 954. The third kappa shape index (κ3) is 6.50. The minimum absolute atomic E-state index is 0.326. The van der Waals surface area contributed by atoms with Crippen molar-refractivity contribution in [3.8, 4) is 5.75 Å². The van der Waals surface area contributed by atoms with Crippen molar-refractivity contribution in [2.45, 2.75) is 13.3 Å². The summed E-state index contributed by atoms with van der Waals surface area (Å²) in [6.45, 7) is 2.17. The van der Waals surface area contributed by atoms with Crippen LogP contribution in [0.25, 0.3) is 6.08 Å². The first-order valence-corrected chi connectivity index (χ1v) is 9.57. The van der Waals surface area contributed by atoms with Gasteiger partial charge < -0.3 is 15.8 Å². The van der Waals surface area contributed by atoms with Gasteiger partial charge in [0.2, 0.25) is 0 Å². The molecule has 0 fully saturated rings. The van der Waals surface area contributed by atoms with E-state index in [2.05, 4.69) is 46.5 Å². The van der Waals surface area contributed by atoms with E-state index in [4.69, 9.17) is 10.5 Å². The van der Waals surface area contributed by atoms with E-state index in [9.17, 15) is 0 Å². The van der Waals surface area contributed by atoms with Gasteiger partial charge in [0, 0.05) is 5.70 Å². The molecule has 1 heterocycles. The second kappa shape index (κ2) is 10.1. The molecule has 0 saturated carbocycles. The number of guanidine groups is 1. The molecule has 148 valence electrons. The standard InChI is InChI=1S/C24H26N4O/c1-18(11-12-19-7-4-3-5-8-19)17-21-9-6-10-23(28-24(25)27-21)26-20-13-15-22(29-2)16-14-20/h3-16,18H,17H2,1-2H3,(H3,25,26,27,28)/b12-11+. The molecule has 3 rings (SSSR count). The lowest BCUT2D eigenvalue weighted by molar-refractivity contribution is 0.415. The Morgan fingerprint density at radius 1 is 1.14 bits per heavy atom. The first-order chi connectivity index (χ1) is 14.1. The van der Waals surface area contributed by atoms with Crippen molar-refractivity contribution < 1.29 is 4.74 Å². The molecular weight excluding hydrogens is 360 g/mol. The zero-order valence-electron chi connectivity index (χ0n) is 16.7. The summed E-state index contributed by atoms with van der Waals surface area (Å²) < 4.78 is 5.17. The SMILES string of the molecule is COc1ccc(N=C2C=CC=C(CC(C)/C=C/c3ccccc3)NC(N)=N2)cc1. The molecule has 0 aromatic heterocycles. The van der Waals surface area contributed by atoms with Gasteiger partial charge in [-0.1, -0.05) is 55.5 Å². The number of nitrogens with two attached hydrogens (primary N) is 1. The summed E-state index contributed by atoms with van der Waals surface area (Å²) in [4.78, 5) is 8.90. The van der Waals surface area contributed by atoms with Crippen LogP contribution in [0.4, 0.5) is 5.69 Å². The van der Waals surface area contributed by atoms with E-state index in [1.807, 2.05) is 60.7 Å². The summed E-state index contributed by atoms with van der Waals surface area (Å²) in [5, 5.41) is 3.18. The Morgan fingerprint density at radius 3 is 2.62 bits per heavy atom. The van der Waals surface area contributed by atoms with Crippen LogP contribution < -0.4 is 15.8 Å². The molecule has 0 radical (unpaired) electrons. The minimum Gasteiger partial charge on any atom is -0.497 e. The molecule has 0 spiro atoms. The van der Waals surface area contributed by atoms with E-state index in [0.29, 0.717) is 17.7 Å². The zero-order chi connectivity index (χ0) is 20.5. The normalized spacial score (nSPS) is 16.6. The Labute approximate surface area is 172 Å². The van der Waals surface area contributed by atoms with Gasteiger partial charge in [-0.3, -0.25) is 0 Å². The molecule has 5 heteroatoms. The van der Waals surface area contributed by atoms with Crippen LogP contribution in [-0.4, -0.2) is 18.9 Å². The number of nitrogens with zero attached hydrogens (tertiary/aromatic N) is 2. The Balaban J connectivity index is 1.67. The van der Waals surface area contributed by atoms with Gasteiger partial charge in [0.05, 0.1) is 12.8 Å². The second-order valence-corrected chi connectivity index (χ2v) is 6.79. The molecule has 0 bridgehead atoms. The van der Waals surface area contributed by atoms with Crippen molar-refractivity contribution >= 4 is 23.6 Å². The van der Waals surface area contributed by atoms with Crippen molar-refractivity contribution in [3.05, 3.63) is 90.2 Å². The highest BCUT2D eigenvalue weighted by Crippen LogP contribution is 2.19. The predicted octanol–water partition coefficient (Wildman–Crippen LogP) is 4.82. The number of hydrogen-bond donors (Lipinski definition) is 2. The van der Waals surface area contributed by atoms with Crippen molar-refractivity contribution in [2.75, 3.05) is 7.11 Å². The number of nitrogens with one attached hydrogen (secondary N) is 1. The quantitative estimate of drug-likeness (QED) is 0.747. The third-order valence-electron chi connectivity index (χ3n) is 4.34. The number of amidine groups is 1. The number of rotatable bonds is 6. The van der Waals surface area contributed by atoms with Gasteiger partial charge >= 0.3 is 0 Å². The molecule has 1 unspecified atom stereocenters. The van der Waals surface area contributed by atoms with Gasteiger partial charge in [-0.15, -0.1) is 0 Å². The maximum Gasteiger partial charge on any atom is 0.199 e. The molecule has 3 N–H and O–H groups in total. The predicted molar refractivity (Wildman–Crippen MR) is 121 cm³/mol. The number of aliphatic imine (C=N–C) groups is 2. The number of methoxy groups -OCH3 is 1. The second-order valence-electron chi connectivity index (χ2n) is 6.79. The fourth-order valence-electron chi connectivity index (χ4n) is 2.87. The molecule has 2 aromatic rings. The molecule has 1 aliphatic heterocycles. The van der Waals surface area contributed by atoms with Gasteiger partial charge in [-0.25, -0.2) is 4.99 Å². The van der Waals surface area contributed by atoms with Crippen LogP contribution in [-0.2, 0) is 0 Å². The smallest absolute Gasteiger partial charge is 0.199 e. The van der Waals surface area contributed by atoms with Crippen molar-refractivity contribution in [2.24, 2.45) is 21.6 Å². The number of allylic oxidation sites excluding steroid dienone is 4. The maximum absolute atomic E-state index is 6.07. The largest absolute Gasteiger partial charge is 0.497 e. The molecule has 1 aliphatic rings. The average molecular weight is 386 g/mol. The monoisotopic (exact) mass is 386 g/mol. The molecular formula is C24H26N4O. The number of ether oxygens (including phenoxy) is 1. The summed E-state index contributed by atoms with van der Waals surface area (Å²) in [5.41, 5.74) is 9.06. The highest BCUT2D eigenvalue weighted by atomic mass is 16.5. The lowest BCUT2D eigenvalue weighted by Gasteiger charge is -2.14. The fraction of sp³-hybridized carbons (Fsp3) is 0.167. The third-order valence-corrected chi connectivity index (χ3v) is 4.34. The number of hydrogen-bond acceptors (Lipinski definition) is 4. The zero-order valence-corrected chi connectivity index (χ0v) is 16.7. The Hall–Kier alpha value is -3.60. The molecule has 0 aliphatic carbocycles. The first-order valence-electron chi connectivity index (χ1n) is 9.57. The van der Waals surface area contributed by atoms with E-state index in [0.717, 1.165) is 23.6 Å². The van der Waals surface area contributed by atoms with E-state index >= 15 is 0 Å². The molecule has 0 saturated heterocycles. The van der Waals surface area contributed by atoms with Gasteiger partial charge in [0.25, 0.3) is 0 Å². The first kappa shape index (κ1) is 20.1. The summed E-state index contributed by atoms with van der Waals surface area (Å²) in [7, 11) is 1.64. The lowest BCUT2D eigenvalue weighted by atomic mass is 10.0. The van der Waals surface area contributed by atoms with Crippen molar-refractivity contribution in [3.63, 3.8) is 0 Å². The van der Waals surface area contributed by atoms with E-state index in [1.165, 1.54) is 5.56 Å². The van der Waals surface area contributed by atoms with Crippen molar-refractivity contribution in [1.82, 2.24) is 5.32 Å². The Kier molecular flexibility index (Phi) is 7.00. The van der Waals surface area contributed by atoms with E-state index in [1.54, 1.807) is 7.11 Å².